The van der Waals surface area contributed by atoms with Gasteiger partial charge in [0.2, 0.25) is 11.8 Å². The molecule has 0 radical (unpaired) electrons. The summed E-state index contributed by atoms with van der Waals surface area (Å²) in [6.07, 6.45) is 0. The lowest BCUT2D eigenvalue weighted by Gasteiger charge is -2.25. The molecule has 0 saturated carbocycles. The van der Waals surface area contributed by atoms with Gasteiger partial charge in [-0.15, -0.1) is 0 Å². The quantitative estimate of drug-likeness (QED) is 0.622. The third-order valence-electron chi connectivity index (χ3n) is 4.77. The van der Waals surface area contributed by atoms with Gasteiger partial charge in [-0.2, -0.15) is 0 Å². The van der Waals surface area contributed by atoms with Gasteiger partial charge in [-0.05, 0) is 42.3 Å². The number of hydrogen-bond acceptors (Lipinski definition) is 4. The van der Waals surface area contributed by atoms with Crippen molar-refractivity contribution in [3.05, 3.63) is 59.9 Å². The zero-order valence-corrected chi connectivity index (χ0v) is 17.9. The Balaban J connectivity index is 1.95. The molecule has 0 aliphatic carbocycles. The highest BCUT2D eigenvalue weighted by molar-refractivity contribution is 5.94. The van der Waals surface area contributed by atoms with Crippen molar-refractivity contribution in [1.82, 2.24) is 10.2 Å². The first-order chi connectivity index (χ1) is 14.3. The number of benzene rings is 2. The van der Waals surface area contributed by atoms with Crippen molar-refractivity contribution >= 4 is 17.5 Å². The molecule has 2 N–H and O–H groups in total. The summed E-state index contributed by atoms with van der Waals surface area (Å²) in [4.78, 5) is 26.8. The molecule has 2 aromatic rings. The summed E-state index contributed by atoms with van der Waals surface area (Å²) in [5, 5.41) is 5.82. The topological polar surface area (TPSA) is 70.7 Å². The third-order valence-corrected chi connectivity index (χ3v) is 4.77. The summed E-state index contributed by atoms with van der Waals surface area (Å²) in [6, 6.07) is 13.1. The number of methoxy groups -OCH3 is 1. The molecule has 0 aliphatic heterocycles. The van der Waals surface area contributed by atoms with Crippen LogP contribution in [-0.4, -0.2) is 43.5 Å². The Morgan fingerprint density at radius 2 is 1.67 bits per heavy atom. The lowest BCUT2D eigenvalue weighted by molar-refractivity contribution is -0.124. The van der Waals surface area contributed by atoms with Gasteiger partial charge in [0.15, 0.2) is 0 Å². The maximum absolute atomic E-state index is 13.2. The van der Waals surface area contributed by atoms with Crippen molar-refractivity contribution in [3.63, 3.8) is 0 Å². The van der Waals surface area contributed by atoms with Crippen molar-refractivity contribution in [1.29, 1.82) is 0 Å². The van der Waals surface area contributed by atoms with Crippen molar-refractivity contribution in [2.24, 2.45) is 5.92 Å². The first-order valence-corrected chi connectivity index (χ1v) is 10.0. The lowest BCUT2D eigenvalue weighted by atomic mass is 9.96. The molecule has 6 nitrogen and oxygen atoms in total. The van der Waals surface area contributed by atoms with Crippen LogP contribution in [0.4, 0.5) is 10.1 Å². The van der Waals surface area contributed by atoms with Gasteiger partial charge < -0.3 is 15.4 Å². The molecule has 7 heteroatoms. The number of rotatable bonds is 10. The van der Waals surface area contributed by atoms with Gasteiger partial charge in [-0.3, -0.25) is 14.5 Å². The second kappa shape index (κ2) is 11.3. The van der Waals surface area contributed by atoms with E-state index in [-0.39, 0.29) is 42.7 Å². The van der Waals surface area contributed by atoms with Crippen LogP contribution in [0, 0.1) is 11.7 Å². The number of hydrogen-bond donors (Lipinski definition) is 2. The summed E-state index contributed by atoms with van der Waals surface area (Å²) >= 11 is 0. The van der Waals surface area contributed by atoms with Gasteiger partial charge in [0.05, 0.1) is 31.9 Å². The van der Waals surface area contributed by atoms with E-state index in [1.165, 1.54) is 12.1 Å². The fourth-order valence-corrected chi connectivity index (χ4v) is 3.15. The maximum Gasteiger partial charge on any atom is 0.238 e. The van der Waals surface area contributed by atoms with Crippen LogP contribution in [0.1, 0.15) is 32.4 Å². The zero-order chi connectivity index (χ0) is 22.1. The largest absolute Gasteiger partial charge is 0.495 e. The lowest BCUT2D eigenvalue weighted by Crippen LogP contribution is -2.43. The summed E-state index contributed by atoms with van der Waals surface area (Å²) in [6.45, 7) is 6.57. The molecule has 0 spiro atoms. The van der Waals surface area contributed by atoms with E-state index in [1.54, 1.807) is 36.3 Å². The number of likely N-dealkylation sites (N-methyl/N-ethyl adjacent to an activating group) is 1. The molecule has 0 heterocycles. The molecule has 162 valence electrons. The molecule has 2 aromatic carbocycles. The van der Waals surface area contributed by atoms with E-state index in [9.17, 15) is 14.0 Å². The van der Waals surface area contributed by atoms with Crippen molar-refractivity contribution in [2.75, 3.05) is 32.1 Å². The number of ether oxygens (including phenoxy) is 1. The number of nitrogens with zero attached hydrogens (tertiary/aromatic N) is 1. The number of anilines is 1. The number of amides is 2. The highest BCUT2D eigenvalue weighted by Gasteiger charge is 2.20. The molecule has 30 heavy (non-hydrogen) atoms. The van der Waals surface area contributed by atoms with Crippen molar-refractivity contribution in [2.45, 2.75) is 26.8 Å². The second-order valence-corrected chi connectivity index (χ2v) is 7.39. The number of carbonyl (C=O) groups is 2. The van der Waals surface area contributed by atoms with Gasteiger partial charge in [0, 0.05) is 0 Å². The average molecular weight is 416 g/mol. The van der Waals surface area contributed by atoms with Crippen LogP contribution in [0.15, 0.2) is 48.5 Å². The van der Waals surface area contributed by atoms with Crippen LogP contribution in [-0.2, 0) is 9.59 Å². The van der Waals surface area contributed by atoms with Gasteiger partial charge >= 0.3 is 0 Å². The Morgan fingerprint density at radius 3 is 2.27 bits per heavy atom. The fourth-order valence-electron chi connectivity index (χ4n) is 3.15. The Bertz CT molecular complexity index is 840. The molecule has 0 fully saturated rings. The maximum atomic E-state index is 13.2. The van der Waals surface area contributed by atoms with Gasteiger partial charge in [0.1, 0.15) is 11.6 Å². The van der Waals surface area contributed by atoms with E-state index in [0.717, 1.165) is 5.56 Å². The SMILES string of the molecule is CCN(CC(=O)Nc1ccccc1OC)CC(=O)NC(c1ccc(F)cc1)C(C)C. The molecule has 1 atom stereocenters. The van der Waals surface area contributed by atoms with E-state index in [1.807, 2.05) is 32.9 Å². The second-order valence-electron chi connectivity index (χ2n) is 7.39. The molecule has 0 aliphatic rings. The molecule has 2 rings (SSSR count). The number of nitrogens with one attached hydrogen (secondary N) is 2. The average Bonchev–Trinajstić information content (AvgIpc) is 2.72. The zero-order valence-electron chi connectivity index (χ0n) is 17.9. The minimum Gasteiger partial charge on any atom is -0.495 e. The van der Waals surface area contributed by atoms with E-state index in [2.05, 4.69) is 10.6 Å². The monoisotopic (exact) mass is 415 g/mol. The Labute approximate surface area is 177 Å². The minimum absolute atomic E-state index is 0.0743. The normalized spacial score (nSPS) is 12.0. The number of halogens is 1. The van der Waals surface area contributed by atoms with E-state index in [4.69, 9.17) is 4.74 Å². The minimum atomic E-state index is -0.314. The van der Waals surface area contributed by atoms with Crippen LogP contribution in [0.2, 0.25) is 0 Å². The van der Waals surface area contributed by atoms with Crippen molar-refractivity contribution < 1.29 is 18.7 Å². The van der Waals surface area contributed by atoms with Crippen LogP contribution >= 0.6 is 0 Å². The van der Waals surface area contributed by atoms with Gasteiger partial charge in [-0.25, -0.2) is 4.39 Å². The van der Waals surface area contributed by atoms with Crippen molar-refractivity contribution in [3.8, 4) is 5.75 Å². The fraction of sp³-hybridized carbons (Fsp3) is 0.391. The molecule has 2 amide bonds. The highest BCUT2D eigenvalue weighted by atomic mass is 19.1. The molecular formula is C23H30FN3O3. The Kier molecular flexibility index (Phi) is 8.80. The predicted octanol–water partition coefficient (Wildman–Crippen LogP) is 3.61. The smallest absolute Gasteiger partial charge is 0.238 e. The third kappa shape index (κ3) is 6.84. The predicted molar refractivity (Wildman–Crippen MR) is 116 cm³/mol. The van der Waals surface area contributed by atoms with E-state index in [0.29, 0.717) is 18.0 Å². The number of para-hydroxylation sites is 2. The summed E-state index contributed by atoms with van der Waals surface area (Å²) in [5.74, 6) is -0.0297. The Morgan fingerprint density at radius 1 is 1.03 bits per heavy atom. The van der Waals surface area contributed by atoms with Crippen LogP contribution in [0.3, 0.4) is 0 Å². The molecular weight excluding hydrogens is 385 g/mol. The molecule has 0 bridgehead atoms. The summed E-state index contributed by atoms with van der Waals surface area (Å²) in [5.41, 5.74) is 1.43. The highest BCUT2D eigenvalue weighted by Crippen LogP contribution is 2.23. The first-order valence-electron chi connectivity index (χ1n) is 10.0. The summed E-state index contributed by atoms with van der Waals surface area (Å²) < 4.78 is 18.5. The van der Waals surface area contributed by atoms with Crippen LogP contribution < -0.4 is 15.4 Å². The summed E-state index contributed by atoms with van der Waals surface area (Å²) in [7, 11) is 1.54. The molecule has 0 saturated heterocycles. The standard InChI is InChI=1S/C23H30FN3O3/c1-5-27(14-21(28)25-19-8-6-7-9-20(19)30-4)15-22(29)26-23(16(2)3)17-10-12-18(24)13-11-17/h6-13,16,23H,5,14-15H2,1-4H3,(H,25,28)(H,26,29). The number of carbonyl (C=O) groups excluding carboxylic acids is 2. The molecule has 0 aromatic heterocycles. The van der Waals surface area contributed by atoms with Gasteiger partial charge in [0.25, 0.3) is 0 Å². The first kappa shape index (κ1) is 23.3. The Hall–Kier alpha value is -2.93. The molecule has 1 unspecified atom stereocenters. The van der Waals surface area contributed by atoms with E-state index < -0.39 is 0 Å². The van der Waals surface area contributed by atoms with Gasteiger partial charge in [-0.1, -0.05) is 45.0 Å². The van der Waals surface area contributed by atoms with Crippen LogP contribution in [0.5, 0.6) is 5.75 Å². The van der Waals surface area contributed by atoms with E-state index >= 15 is 0 Å². The van der Waals surface area contributed by atoms with Crippen LogP contribution in [0.25, 0.3) is 0 Å².